The molecule has 0 aliphatic rings. The van der Waals surface area contributed by atoms with Gasteiger partial charge in [-0.15, -0.1) is 0 Å². The summed E-state index contributed by atoms with van der Waals surface area (Å²) in [5.41, 5.74) is 0. The van der Waals surface area contributed by atoms with Crippen LogP contribution < -0.4 is 0 Å². The van der Waals surface area contributed by atoms with Crippen LogP contribution in [0.2, 0.25) is 0 Å². The Hall–Kier alpha value is -1.88. The SMILES string of the molecule is CCCCC/C=C\C/C=C\CCCCCCCCCCCC(=O)OCC(COCCCCCCCC/C=C\CCCCCC)OC(=O)CCCCCCC. The first-order chi connectivity index (χ1) is 26.6. The van der Waals surface area contributed by atoms with Crippen molar-refractivity contribution in [3.8, 4) is 0 Å². The molecule has 0 aromatic rings. The maximum atomic E-state index is 12.5. The zero-order chi connectivity index (χ0) is 39.3. The van der Waals surface area contributed by atoms with Gasteiger partial charge in [-0.2, -0.15) is 0 Å². The van der Waals surface area contributed by atoms with Crippen molar-refractivity contribution in [3.63, 3.8) is 0 Å². The summed E-state index contributed by atoms with van der Waals surface area (Å²) in [5.74, 6) is -0.411. The molecule has 0 aliphatic carbocycles. The standard InChI is InChI=1S/C49H90O5/c1-4-7-10-13-15-17-19-21-23-24-25-26-27-28-30-32-34-37-39-42-48(50)53-46-47(54-49(51)43-40-36-12-9-6-3)45-52-44-41-38-35-33-31-29-22-20-18-16-14-11-8-5-2/h15,17-18,20-21,23,47H,4-14,16,19,22,24-46H2,1-3H3/b17-15-,20-18-,23-21-. The Bertz CT molecular complexity index is 862. The predicted octanol–water partition coefficient (Wildman–Crippen LogP) is 15.4. The fourth-order valence-corrected chi connectivity index (χ4v) is 6.59. The lowest BCUT2D eigenvalue weighted by Gasteiger charge is -2.18. The first-order valence-corrected chi connectivity index (χ1v) is 23.5. The third kappa shape index (κ3) is 42.9. The monoisotopic (exact) mass is 759 g/mol. The van der Waals surface area contributed by atoms with E-state index in [0.717, 1.165) is 51.4 Å². The molecule has 0 heterocycles. The summed E-state index contributed by atoms with van der Waals surface area (Å²) in [5, 5.41) is 0. The second kappa shape index (κ2) is 45.5. The van der Waals surface area contributed by atoms with Gasteiger partial charge in [0.05, 0.1) is 6.61 Å². The molecule has 316 valence electrons. The maximum Gasteiger partial charge on any atom is 0.306 e. The molecule has 0 rings (SSSR count). The van der Waals surface area contributed by atoms with Gasteiger partial charge in [-0.1, -0.05) is 186 Å². The normalized spacial score (nSPS) is 12.4. The molecular weight excluding hydrogens is 669 g/mol. The van der Waals surface area contributed by atoms with Crippen molar-refractivity contribution in [2.45, 2.75) is 245 Å². The molecule has 5 nitrogen and oxygen atoms in total. The van der Waals surface area contributed by atoms with Gasteiger partial charge in [-0.3, -0.25) is 9.59 Å². The number of ether oxygens (including phenoxy) is 3. The average Bonchev–Trinajstić information content (AvgIpc) is 3.17. The maximum absolute atomic E-state index is 12.5. The van der Waals surface area contributed by atoms with Gasteiger partial charge in [0.15, 0.2) is 6.10 Å². The summed E-state index contributed by atoms with van der Waals surface area (Å²) in [7, 11) is 0. The van der Waals surface area contributed by atoms with Gasteiger partial charge in [0, 0.05) is 19.4 Å². The summed E-state index contributed by atoms with van der Waals surface area (Å²) in [6.45, 7) is 7.72. The summed E-state index contributed by atoms with van der Waals surface area (Å²) >= 11 is 0. The topological polar surface area (TPSA) is 61.8 Å². The molecule has 0 aliphatic heterocycles. The predicted molar refractivity (Wildman–Crippen MR) is 233 cm³/mol. The molecule has 0 amide bonds. The Kier molecular flexibility index (Phi) is 43.9. The van der Waals surface area contributed by atoms with Crippen LogP contribution in [0.4, 0.5) is 0 Å². The lowest BCUT2D eigenvalue weighted by Crippen LogP contribution is -2.30. The van der Waals surface area contributed by atoms with Crippen LogP contribution in [0.3, 0.4) is 0 Å². The smallest absolute Gasteiger partial charge is 0.306 e. The molecule has 54 heavy (non-hydrogen) atoms. The summed E-state index contributed by atoms with van der Waals surface area (Å²) in [6, 6.07) is 0. The zero-order valence-electron chi connectivity index (χ0n) is 36.2. The molecule has 0 aromatic carbocycles. The molecule has 0 saturated heterocycles. The highest BCUT2D eigenvalue weighted by Crippen LogP contribution is 2.14. The molecule has 1 atom stereocenters. The van der Waals surface area contributed by atoms with E-state index in [1.165, 1.54) is 154 Å². The van der Waals surface area contributed by atoms with E-state index in [1.807, 2.05) is 0 Å². The van der Waals surface area contributed by atoms with E-state index in [1.54, 1.807) is 0 Å². The average molecular weight is 759 g/mol. The van der Waals surface area contributed by atoms with Crippen LogP contribution in [0.5, 0.6) is 0 Å². The Balaban J connectivity index is 4.02. The van der Waals surface area contributed by atoms with Crippen molar-refractivity contribution >= 4 is 11.9 Å². The molecule has 0 aromatic heterocycles. The second-order valence-electron chi connectivity index (χ2n) is 15.7. The summed E-state index contributed by atoms with van der Waals surface area (Å²) in [6.07, 6.45) is 53.1. The summed E-state index contributed by atoms with van der Waals surface area (Å²) in [4.78, 5) is 25.0. The fourth-order valence-electron chi connectivity index (χ4n) is 6.59. The summed E-state index contributed by atoms with van der Waals surface area (Å²) < 4.78 is 17.2. The lowest BCUT2D eigenvalue weighted by atomic mass is 10.1. The van der Waals surface area contributed by atoms with Gasteiger partial charge in [-0.25, -0.2) is 0 Å². The van der Waals surface area contributed by atoms with Gasteiger partial charge in [0.2, 0.25) is 0 Å². The number of allylic oxidation sites excluding steroid dienone is 6. The molecule has 0 spiro atoms. The highest BCUT2D eigenvalue weighted by molar-refractivity contribution is 5.70. The van der Waals surface area contributed by atoms with Crippen LogP contribution in [0.1, 0.15) is 239 Å². The largest absolute Gasteiger partial charge is 0.462 e. The van der Waals surface area contributed by atoms with Crippen LogP contribution in [0.15, 0.2) is 36.5 Å². The zero-order valence-corrected chi connectivity index (χ0v) is 36.2. The molecule has 0 radical (unpaired) electrons. The van der Waals surface area contributed by atoms with E-state index in [4.69, 9.17) is 14.2 Å². The van der Waals surface area contributed by atoms with Crippen molar-refractivity contribution in [3.05, 3.63) is 36.5 Å². The fraction of sp³-hybridized carbons (Fsp3) is 0.837. The third-order valence-electron chi connectivity index (χ3n) is 10.1. The Morgan fingerprint density at radius 2 is 0.778 bits per heavy atom. The number of carbonyl (C=O) groups is 2. The highest BCUT2D eigenvalue weighted by Gasteiger charge is 2.17. The first-order valence-electron chi connectivity index (χ1n) is 23.5. The van der Waals surface area contributed by atoms with Gasteiger partial charge < -0.3 is 14.2 Å². The number of carbonyl (C=O) groups excluding carboxylic acids is 2. The van der Waals surface area contributed by atoms with Crippen molar-refractivity contribution in [1.82, 2.24) is 0 Å². The van der Waals surface area contributed by atoms with Gasteiger partial charge >= 0.3 is 11.9 Å². The van der Waals surface area contributed by atoms with Crippen LogP contribution in [-0.4, -0.2) is 37.9 Å². The Morgan fingerprint density at radius 3 is 1.30 bits per heavy atom. The van der Waals surface area contributed by atoms with Crippen LogP contribution in [-0.2, 0) is 23.8 Å². The molecule has 5 heteroatoms. The van der Waals surface area contributed by atoms with E-state index in [9.17, 15) is 9.59 Å². The molecule has 0 bridgehead atoms. The number of hydrogen-bond donors (Lipinski definition) is 0. The van der Waals surface area contributed by atoms with E-state index in [2.05, 4.69) is 57.2 Å². The van der Waals surface area contributed by atoms with Gasteiger partial charge in [0.25, 0.3) is 0 Å². The Labute approximate surface area is 336 Å². The van der Waals surface area contributed by atoms with Crippen molar-refractivity contribution in [1.29, 1.82) is 0 Å². The Morgan fingerprint density at radius 1 is 0.407 bits per heavy atom. The molecular formula is C49H90O5. The van der Waals surface area contributed by atoms with Crippen LogP contribution in [0.25, 0.3) is 0 Å². The molecule has 0 fully saturated rings. The quantitative estimate of drug-likeness (QED) is 0.0352. The van der Waals surface area contributed by atoms with Gasteiger partial charge in [-0.05, 0) is 77.0 Å². The number of rotatable bonds is 43. The molecule has 0 saturated carbocycles. The molecule has 0 N–H and O–H groups in total. The van der Waals surface area contributed by atoms with E-state index in [0.29, 0.717) is 19.4 Å². The highest BCUT2D eigenvalue weighted by atomic mass is 16.6. The first kappa shape index (κ1) is 52.1. The van der Waals surface area contributed by atoms with E-state index in [-0.39, 0.29) is 25.2 Å². The minimum absolute atomic E-state index is 0.0829. The van der Waals surface area contributed by atoms with Crippen molar-refractivity contribution in [2.24, 2.45) is 0 Å². The third-order valence-corrected chi connectivity index (χ3v) is 10.1. The van der Waals surface area contributed by atoms with Crippen molar-refractivity contribution in [2.75, 3.05) is 19.8 Å². The molecule has 1 unspecified atom stereocenters. The number of hydrogen-bond acceptors (Lipinski definition) is 5. The minimum atomic E-state index is -0.532. The lowest BCUT2D eigenvalue weighted by molar-refractivity contribution is -0.163. The van der Waals surface area contributed by atoms with Crippen molar-refractivity contribution < 1.29 is 23.8 Å². The van der Waals surface area contributed by atoms with Gasteiger partial charge in [0.1, 0.15) is 6.61 Å². The van der Waals surface area contributed by atoms with E-state index >= 15 is 0 Å². The number of unbranched alkanes of at least 4 members (excludes halogenated alkanes) is 26. The number of esters is 2. The van der Waals surface area contributed by atoms with Crippen LogP contribution in [0, 0.1) is 0 Å². The van der Waals surface area contributed by atoms with Crippen LogP contribution >= 0.6 is 0 Å². The van der Waals surface area contributed by atoms with E-state index < -0.39 is 6.10 Å². The minimum Gasteiger partial charge on any atom is -0.462 e. The second-order valence-corrected chi connectivity index (χ2v) is 15.7.